The quantitative estimate of drug-likeness (QED) is 0.793. The molecule has 2 aromatic rings. The summed E-state index contributed by atoms with van der Waals surface area (Å²) in [6.45, 7) is -0.275. The van der Waals surface area contributed by atoms with Crippen LogP contribution < -0.4 is 4.74 Å². The monoisotopic (exact) mass is 287 g/mol. The van der Waals surface area contributed by atoms with Crippen molar-refractivity contribution in [3.63, 3.8) is 0 Å². The summed E-state index contributed by atoms with van der Waals surface area (Å²) in [5.74, 6) is -2.05. The molecule has 0 unspecified atom stereocenters. The standard InChI is InChI=1S/C16H11F2NO2/c17-14-6-3-12(9-15(14)18)16(20)10-21-13-4-1-11(2-5-13)7-8-19/h1-6,9H,7,10H2. The fraction of sp³-hybridized carbons (Fsp3) is 0.125. The maximum atomic E-state index is 13.0. The fourth-order valence-corrected chi connectivity index (χ4v) is 1.70. The lowest BCUT2D eigenvalue weighted by molar-refractivity contribution is 0.0921. The Morgan fingerprint density at radius 3 is 2.43 bits per heavy atom. The van der Waals surface area contributed by atoms with Crippen molar-refractivity contribution in [3.05, 3.63) is 65.2 Å². The minimum Gasteiger partial charge on any atom is -0.485 e. The molecule has 21 heavy (non-hydrogen) atoms. The highest BCUT2D eigenvalue weighted by Gasteiger charge is 2.10. The van der Waals surface area contributed by atoms with Crippen molar-refractivity contribution in [2.45, 2.75) is 6.42 Å². The van der Waals surface area contributed by atoms with Crippen LogP contribution in [0, 0.1) is 23.0 Å². The molecule has 0 heterocycles. The van der Waals surface area contributed by atoms with Crippen LogP contribution in [0.4, 0.5) is 8.78 Å². The molecule has 0 amide bonds. The van der Waals surface area contributed by atoms with Gasteiger partial charge in [0, 0.05) is 5.56 Å². The molecule has 0 saturated carbocycles. The number of benzene rings is 2. The molecule has 106 valence electrons. The fourth-order valence-electron chi connectivity index (χ4n) is 1.70. The Labute approximate surface area is 120 Å². The first kappa shape index (κ1) is 14.7. The molecule has 0 N–H and O–H groups in total. The Kier molecular flexibility index (Phi) is 4.62. The van der Waals surface area contributed by atoms with Crippen LogP contribution in [-0.4, -0.2) is 12.4 Å². The van der Waals surface area contributed by atoms with Gasteiger partial charge < -0.3 is 4.74 Å². The van der Waals surface area contributed by atoms with Crippen LogP contribution in [0.1, 0.15) is 15.9 Å². The van der Waals surface area contributed by atoms with Crippen LogP contribution in [0.25, 0.3) is 0 Å². The molecule has 0 atom stereocenters. The topological polar surface area (TPSA) is 50.1 Å². The average molecular weight is 287 g/mol. The molecule has 0 spiro atoms. The Balaban J connectivity index is 1.97. The predicted octanol–water partition coefficient (Wildman–Crippen LogP) is 3.29. The van der Waals surface area contributed by atoms with Gasteiger partial charge in [-0.3, -0.25) is 4.79 Å². The summed E-state index contributed by atoms with van der Waals surface area (Å²) in [6.07, 6.45) is 0.300. The zero-order chi connectivity index (χ0) is 15.2. The number of carbonyl (C=O) groups is 1. The third-order valence-corrected chi connectivity index (χ3v) is 2.82. The van der Waals surface area contributed by atoms with Gasteiger partial charge in [0.25, 0.3) is 0 Å². The summed E-state index contributed by atoms with van der Waals surface area (Å²) in [5.41, 5.74) is 0.895. The molecule has 5 heteroatoms. The number of Topliss-reactive ketones (excluding diaryl/α,β-unsaturated/α-hetero) is 1. The number of nitrogens with zero attached hydrogens (tertiary/aromatic N) is 1. The van der Waals surface area contributed by atoms with Crippen molar-refractivity contribution >= 4 is 5.78 Å². The number of nitriles is 1. The highest BCUT2D eigenvalue weighted by molar-refractivity contribution is 5.97. The molecular weight excluding hydrogens is 276 g/mol. The number of rotatable bonds is 5. The Morgan fingerprint density at radius 1 is 1.10 bits per heavy atom. The van der Waals surface area contributed by atoms with E-state index in [2.05, 4.69) is 0 Å². The Hall–Kier alpha value is -2.74. The summed E-state index contributed by atoms with van der Waals surface area (Å²) in [6, 6.07) is 11.7. The lowest BCUT2D eigenvalue weighted by atomic mass is 10.1. The van der Waals surface area contributed by atoms with E-state index >= 15 is 0 Å². The summed E-state index contributed by atoms with van der Waals surface area (Å²) in [5, 5.41) is 8.55. The van der Waals surface area contributed by atoms with E-state index < -0.39 is 17.4 Å². The second-order valence-electron chi connectivity index (χ2n) is 4.32. The molecule has 0 aliphatic heterocycles. The summed E-state index contributed by atoms with van der Waals surface area (Å²) >= 11 is 0. The molecule has 2 aromatic carbocycles. The van der Waals surface area contributed by atoms with Crippen LogP contribution in [-0.2, 0) is 6.42 Å². The van der Waals surface area contributed by atoms with Gasteiger partial charge in [0.2, 0.25) is 0 Å². The van der Waals surface area contributed by atoms with E-state index in [9.17, 15) is 13.6 Å². The Morgan fingerprint density at radius 2 is 1.81 bits per heavy atom. The lowest BCUT2D eigenvalue weighted by Crippen LogP contribution is -2.12. The zero-order valence-electron chi connectivity index (χ0n) is 11.0. The highest BCUT2D eigenvalue weighted by atomic mass is 19.2. The molecule has 0 aliphatic carbocycles. The maximum absolute atomic E-state index is 13.0. The first-order valence-corrected chi connectivity index (χ1v) is 6.17. The van der Waals surface area contributed by atoms with Crippen molar-refractivity contribution < 1.29 is 18.3 Å². The normalized spacial score (nSPS) is 9.95. The summed E-state index contributed by atoms with van der Waals surface area (Å²) in [4.78, 5) is 11.8. The summed E-state index contributed by atoms with van der Waals surface area (Å²) in [7, 11) is 0. The molecule has 3 nitrogen and oxygen atoms in total. The van der Waals surface area contributed by atoms with Crippen molar-refractivity contribution in [1.82, 2.24) is 0 Å². The molecule has 0 aromatic heterocycles. The van der Waals surface area contributed by atoms with Gasteiger partial charge in [-0.1, -0.05) is 12.1 Å². The highest BCUT2D eigenvalue weighted by Crippen LogP contribution is 2.14. The van der Waals surface area contributed by atoms with Gasteiger partial charge in [0.05, 0.1) is 12.5 Å². The number of ether oxygens (including phenoxy) is 1. The smallest absolute Gasteiger partial charge is 0.200 e. The van der Waals surface area contributed by atoms with E-state index in [1.807, 2.05) is 6.07 Å². The third-order valence-electron chi connectivity index (χ3n) is 2.82. The zero-order valence-corrected chi connectivity index (χ0v) is 11.0. The van der Waals surface area contributed by atoms with Crippen molar-refractivity contribution in [3.8, 4) is 11.8 Å². The predicted molar refractivity (Wildman–Crippen MR) is 71.9 cm³/mol. The van der Waals surface area contributed by atoms with Crippen molar-refractivity contribution in [1.29, 1.82) is 5.26 Å². The van der Waals surface area contributed by atoms with Gasteiger partial charge >= 0.3 is 0 Å². The maximum Gasteiger partial charge on any atom is 0.200 e. The van der Waals surface area contributed by atoms with Gasteiger partial charge in [0.1, 0.15) is 5.75 Å². The second-order valence-corrected chi connectivity index (χ2v) is 4.32. The number of halogens is 2. The Bertz CT molecular complexity index is 690. The minimum absolute atomic E-state index is 0.0509. The van der Waals surface area contributed by atoms with Gasteiger partial charge in [-0.15, -0.1) is 0 Å². The van der Waals surface area contributed by atoms with E-state index in [0.717, 1.165) is 17.7 Å². The van der Waals surface area contributed by atoms with Crippen LogP contribution in [0.2, 0.25) is 0 Å². The number of hydrogen-bond donors (Lipinski definition) is 0. The number of carbonyl (C=O) groups excluding carboxylic acids is 1. The molecule has 0 fully saturated rings. The third kappa shape index (κ3) is 3.86. The molecule has 0 aliphatic rings. The first-order chi connectivity index (χ1) is 10.1. The van der Waals surface area contributed by atoms with E-state index in [4.69, 9.17) is 10.00 Å². The first-order valence-electron chi connectivity index (χ1n) is 6.17. The molecule has 0 saturated heterocycles. The number of ketones is 1. The van der Waals surface area contributed by atoms with E-state index in [1.165, 1.54) is 6.07 Å². The van der Waals surface area contributed by atoms with Gasteiger partial charge in [-0.05, 0) is 35.9 Å². The van der Waals surface area contributed by atoms with Gasteiger partial charge in [-0.25, -0.2) is 8.78 Å². The lowest BCUT2D eigenvalue weighted by Gasteiger charge is -2.06. The van der Waals surface area contributed by atoms with E-state index in [-0.39, 0.29) is 12.2 Å². The second kappa shape index (κ2) is 6.62. The molecule has 2 rings (SSSR count). The van der Waals surface area contributed by atoms with Crippen LogP contribution >= 0.6 is 0 Å². The van der Waals surface area contributed by atoms with Crippen molar-refractivity contribution in [2.75, 3.05) is 6.61 Å². The molecule has 0 bridgehead atoms. The average Bonchev–Trinajstić information content (AvgIpc) is 2.49. The summed E-state index contributed by atoms with van der Waals surface area (Å²) < 4.78 is 31.1. The number of hydrogen-bond acceptors (Lipinski definition) is 3. The van der Waals surface area contributed by atoms with E-state index in [0.29, 0.717) is 12.2 Å². The minimum atomic E-state index is -1.07. The van der Waals surface area contributed by atoms with Crippen molar-refractivity contribution in [2.24, 2.45) is 0 Å². The molecule has 0 radical (unpaired) electrons. The van der Waals surface area contributed by atoms with Crippen LogP contribution in [0.15, 0.2) is 42.5 Å². The van der Waals surface area contributed by atoms with Crippen LogP contribution in [0.5, 0.6) is 5.75 Å². The van der Waals surface area contributed by atoms with Gasteiger partial charge in [0.15, 0.2) is 24.0 Å². The van der Waals surface area contributed by atoms with E-state index in [1.54, 1.807) is 24.3 Å². The largest absolute Gasteiger partial charge is 0.485 e. The van der Waals surface area contributed by atoms with Crippen LogP contribution in [0.3, 0.4) is 0 Å². The van der Waals surface area contributed by atoms with Gasteiger partial charge in [-0.2, -0.15) is 5.26 Å². The SMILES string of the molecule is N#CCc1ccc(OCC(=O)c2ccc(F)c(F)c2)cc1. The molecular formula is C16H11F2NO2.